The van der Waals surface area contributed by atoms with Crippen molar-refractivity contribution in [2.75, 3.05) is 20.1 Å². The number of H-pyrrole nitrogens is 1. The maximum atomic E-state index is 12.9. The van der Waals surface area contributed by atoms with Crippen LogP contribution in [-0.2, 0) is 4.79 Å². The Morgan fingerprint density at radius 2 is 1.83 bits per heavy atom. The molecule has 0 saturated carbocycles. The first kappa shape index (κ1) is 18.9. The summed E-state index contributed by atoms with van der Waals surface area (Å²) >= 11 is 0. The zero-order chi connectivity index (χ0) is 20.4. The molecule has 0 radical (unpaired) electrons. The van der Waals surface area contributed by atoms with E-state index in [-0.39, 0.29) is 23.3 Å². The van der Waals surface area contributed by atoms with Gasteiger partial charge in [-0.2, -0.15) is 0 Å². The zero-order valence-electron chi connectivity index (χ0n) is 16.3. The van der Waals surface area contributed by atoms with Crippen LogP contribution in [-0.4, -0.2) is 41.8 Å². The minimum Gasteiger partial charge on any atom is -0.359 e. The van der Waals surface area contributed by atoms with E-state index in [4.69, 9.17) is 0 Å². The summed E-state index contributed by atoms with van der Waals surface area (Å²) in [5.74, 6) is -0.194. The number of benzene rings is 2. The highest BCUT2D eigenvalue weighted by Crippen LogP contribution is 2.24. The van der Waals surface area contributed by atoms with E-state index in [1.165, 1.54) is 0 Å². The van der Waals surface area contributed by atoms with Crippen LogP contribution in [0.15, 0.2) is 59.5 Å². The molecule has 2 aromatic carbocycles. The van der Waals surface area contributed by atoms with Crippen molar-refractivity contribution >= 4 is 22.6 Å². The number of hydrogen-bond acceptors (Lipinski definition) is 3. The van der Waals surface area contributed by atoms with Crippen LogP contribution < -0.4 is 10.9 Å². The number of piperidine rings is 1. The van der Waals surface area contributed by atoms with Gasteiger partial charge in [-0.1, -0.05) is 18.2 Å². The maximum Gasteiger partial charge on any atom is 0.255 e. The third-order valence-corrected chi connectivity index (χ3v) is 5.56. The number of nitrogens with zero attached hydrogens (tertiary/aromatic N) is 1. The molecule has 4 rings (SSSR count). The summed E-state index contributed by atoms with van der Waals surface area (Å²) in [7, 11) is 1.63. The van der Waals surface area contributed by atoms with Crippen molar-refractivity contribution in [1.82, 2.24) is 15.2 Å². The average molecular weight is 389 g/mol. The average Bonchev–Trinajstić information content (AvgIpc) is 2.78. The monoisotopic (exact) mass is 389 g/mol. The predicted molar refractivity (Wildman–Crippen MR) is 113 cm³/mol. The van der Waals surface area contributed by atoms with Crippen LogP contribution in [0.5, 0.6) is 0 Å². The lowest BCUT2D eigenvalue weighted by molar-refractivity contribution is -0.125. The van der Waals surface area contributed by atoms with Crippen LogP contribution in [0.3, 0.4) is 0 Å². The van der Waals surface area contributed by atoms with E-state index in [9.17, 15) is 14.4 Å². The molecule has 29 heavy (non-hydrogen) atoms. The second-order valence-electron chi connectivity index (χ2n) is 7.39. The van der Waals surface area contributed by atoms with E-state index >= 15 is 0 Å². The molecule has 148 valence electrons. The summed E-state index contributed by atoms with van der Waals surface area (Å²) < 4.78 is 0. The van der Waals surface area contributed by atoms with Gasteiger partial charge in [-0.3, -0.25) is 14.4 Å². The van der Waals surface area contributed by atoms with Crippen molar-refractivity contribution in [2.45, 2.75) is 12.8 Å². The molecule has 3 aromatic rings. The highest BCUT2D eigenvalue weighted by molar-refractivity contribution is 5.95. The quantitative estimate of drug-likeness (QED) is 0.723. The van der Waals surface area contributed by atoms with Gasteiger partial charge in [0.1, 0.15) is 0 Å². The number of rotatable bonds is 3. The fourth-order valence-electron chi connectivity index (χ4n) is 3.94. The third kappa shape index (κ3) is 3.78. The molecule has 1 atom stereocenters. The SMILES string of the molecule is CNC(=O)C1CCCN(C(=O)c2ccc(-c3ccc4c(=O)[nH]ccc4c3)cc2)C1. The molecule has 1 fully saturated rings. The van der Waals surface area contributed by atoms with Gasteiger partial charge in [0, 0.05) is 37.3 Å². The number of amides is 2. The zero-order valence-corrected chi connectivity index (χ0v) is 16.3. The van der Waals surface area contributed by atoms with E-state index in [0.29, 0.717) is 24.0 Å². The van der Waals surface area contributed by atoms with Gasteiger partial charge >= 0.3 is 0 Å². The Bertz CT molecular complexity index is 1120. The molecule has 1 aliphatic rings. The topological polar surface area (TPSA) is 82.3 Å². The number of aromatic amines is 1. The Balaban J connectivity index is 1.54. The van der Waals surface area contributed by atoms with Crippen LogP contribution in [0, 0.1) is 5.92 Å². The summed E-state index contributed by atoms with van der Waals surface area (Å²) in [6.45, 7) is 1.13. The number of aromatic nitrogens is 1. The molecule has 1 saturated heterocycles. The van der Waals surface area contributed by atoms with E-state index in [1.807, 2.05) is 48.5 Å². The molecular formula is C23H23N3O3. The molecule has 0 aliphatic carbocycles. The Morgan fingerprint density at radius 1 is 1.07 bits per heavy atom. The van der Waals surface area contributed by atoms with Crippen LogP contribution in [0.2, 0.25) is 0 Å². The summed E-state index contributed by atoms with van der Waals surface area (Å²) in [6, 6.07) is 15.1. The van der Waals surface area contributed by atoms with E-state index < -0.39 is 0 Å². The van der Waals surface area contributed by atoms with Gasteiger partial charge in [0.05, 0.1) is 5.92 Å². The maximum absolute atomic E-state index is 12.9. The van der Waals surface area contributed by atoms with E-state index in [0.717, 1.165) is 29.4 Å². The number of carbonyl (C=O) groups is 2. The van der Waals surface area contributed by atoms with Crippen LogP contribution in [0.1, 0.15) is 23.2 Å². The van der Waals surface area contributed by atoms with Crippen LogP contribution in [0.25, 0.3) is 21.9 Å². The lowest BCUT2D eigenvalue weighted by Gasteiger charge is -2.31. The molecule has 1 aromatic heterocycles. The first-order valence-corrected chi connectivity index (χ1v) is 9.79. The van der Waals surface area contributed by atoms with Crippen molar-refractivity contribution in [2.24, 2.45) is 5.92 Å². The molecule has 0 bridgehead atoms. The van der Waals surface area contributed by atoms with E-state index in [1.54, 1.807) is 18.1 Å². The lowest BCUT2D eigenvalue weighted by atomic mass is 9.96. The second kappa shape index (κ2) is 7.91. The first-order chi connectivity index (χ1) is 14.1. The minimum absolute atomic E-state index is 0.00649. The summed E-state index contributed by atoms with van der Waals surface area (Å²) in [4.78, 5) is 41.1. The molecule has 6 nitrogen and oxygen atoms in total. The number of pyridine rings is 1. The molecule has 2 heterocycles. The molecule has 2 amide bonds. The fraction of sp³-hybridized carbons (Fsp3) is 0.261. The highest BCUT2D eigenvalue weighted by atomic mass is 16.2. The van der Waals surface area contributed by atoms with Crippen molar-refractivity contribution < 1.29 is 9.59 Å². The van der Waals surface area contributed by atoms with Gasteiger partial charge < -0.3 is 15.2 Å². The lowest BCUT2D eigenvalue weighted by Crippen LogP contribution is -2.44. The molecule has 0 spiro atoms. The first-order valence-electron chi connectivity index (χ1n) is 9.79. The standard InChI is InChI=1S/C23H23N3O3/c1-24-21(27)19-3-2-12-26(14-19)23(29)16-6-4-15(5-7-16)17-8-9-20-18(13-17)10-11-25-22(20)28/h4-11,13,19H,2-3,12,14H2,1H3,(H,24,27)(H,25,28). The van der Waals surface area contributed by atoms with E-state index in [2.05, 4.69) is 10.3 Å². The van der Waals surface area contributed by atoms with Crippen LogP contribution >= 0.6 is 0 Å². The number of carbonyl (C=O) groups excluding carboxylic acids is 2. The predicted octanol–water partition coefficient (Wildman–Crippen LogP) is 2.79. The van der Waals surface area contributed by atoms with Gasteiger partial charge in [-0.15, -0.1) is 0 Å². The number of hydrogen-bond donors (Lipinski definition) is 2. The highest BCUT2D eigenvalue weighted by Gasteiger charge is 2.28. The van der Waals surface area contributed by atoms with Gasteiger partial charge in [-0.25, -0.2) is 0 Å². The van der Waals surface area contributed by atoms with Gasteiger partial charge in [0.2, 0.25) is 5.91 Å². The Labute approximate surface area is 168 Å². The van der Waals surface area contributed by atoms with Gasteiger partial charge in [0.15, 0.2) is 0 Å². The normalized spacial score (nSPS) is 16.6. The molecule has 1 aliphatic heterocycles. The molecule has 6 heteroatoms. The minimum atomic E-state index is -0.141. The number of nitrogens with one attached hydrogen (secondary N) is 2. The third-order valence-electron chi connectivity index (χ3n) is 5.56. The Hall–Kier alpha value is -3.41. The Morgan fingerprint density at radius 3 is 2.59 bits per heavy atom. The largest absolute Gasteiger partial charge is 0.359 e. The second-order valence-corrected chi connectivity index (χ2v) is 7.39. The van der Waals surface area contributed by atoms with Gasteiger partial charge in [-0.05, 0) is 59.7 Å². The number of fused-ring (bicyclic) bond motifs is 1. The van der Waals surface area contributed by atoms with Crippen molar-refractivity contribution in [3.8, 4) is 11.1 Å². The van der Waals surface area contributed by atoms with Crippen molar-refractivity contribution in [1.29, 1.82) is 0 Å². The number of likely N-dealkylation sites (tertiary alicyclic amines) is 1. The molecule has 2 N–H and O–H groups in total. The molecule has 1 unspecified atom stereocenters. The van der Waals surface area contributed by atoms with Crippen molar-refractivity contribution in [3.05, 3.63) is 70.6 Å². The summed E-state index contributed by atoms with van der Waals surface area (Å²) in [5.41, 5.74) is 2.47. The smallest absolute Gasteiger partial charge is 0.255 e. The van der Waals surface area contributed by atoms with Crippen molar-refractivity contribution in [3.63, 3.8) is 0 Å². The van der Waals surface area contributed by atoms with Gasteiger partial charge in [0.25, 0.3) is 11.5 Å². The summed E-state index contributed by atoms with van der Waals surface area (Å²) in [5, 5.41) is 4.20. The fourth-order valence-corrected chi connectivity index (χ4v) is 3.94. The summed E-state index contributed by atoms with van der Waals surface area (Å²) in [6.07, 6.45) is 3.28. The Kier molecular flexibility index (Phi) is 5.16. The molecular weight excluding hydrogens is 366 g/mol. The van der Waals surface area contributed by atoms with Crippen LogP contribution in [0.4, 0.5) is 0 Å².